The highest BCUT2D eigenvalue weighted by molar-refractivity contribution is 5.73. The van der Waals surface area contributed by atoms with Gasteiger partial charge in [-0.1, -0.05) is 19.1 Å². The number of anilines is 2. The highest BCUT2D eigenvalue weighted by atomic mass is 15.2. The number of hydrogen-bond acceptors (Lipinski definition) is 3. The van der Waals surface area contributed by atoms with E-state index in [4.69, 9.17) is 5.73 Å². The second-order valence-electron chi connectivity index (χ2n) is 5.04. The van der Waals surface area contributed by atoms with Crippen LogP contribution < -0.4 is 15.5 Å². The minimum atomic E-state index is 0.663. The monoisotopic (exact) mass is 233 g/mol. The van der Waals surface area contributed by atoms with Crippen molar-refractivity contribution in [3.63, 3.8) is 0 Å². The SMILES string of the molecule is CC(CCN)CN1CCN(C)c2ccccc21. The molecule has 1 aliphatic rings. The van der Waals surface area contributed by atoms with E-state index >= 15 is 0 Å². The fourth-order valence-electron chi connectivity index (χ4n) is 2.51. The van der Waals surface area contributed by atoms with Gasteiger partial charge in [-0.05, 0) is 31.0 Å². The Balaban J connectivity index is 2.13. The third kappa shape index (κ3) is 2.72. The molecule has 0 saturated heterocycles. The lowest BCUT2D eigenvalue weighted by atomic mass is 10.1. The maximum absolute atomic E-state index is 5.62. The first kappa shape index (κ1) is 12.2. The highest BCUT2D eigenvalue weighted by Crippen LogP contribution is 2.32. The van der Waals surface area contributed by atoms with E-state index in [0.29, 0.717) is 5.92 Å². The zero-order chi connectivity index (χ0) is 12.3. The van der Waals surface area contributed by atoms with Gasteiger partial charge in [0.2, 0.25) is 0 Å². The number of para-hydroxylation sites is 2. The number of benzene rings is 1. The van der Waals surface area contributed by atoms with Gasteiger partial charge < -0.3 is 15.5 Å². The fraction of sp³-hybridized carbons (Fsp3) is 0.571. The van der Waals surface area contributed by atoms with Crippen LogP contribution in [0.2, 0.25) is 0 Å². The molecule has 0 radical (unpaired) electrons. The molecule has 17 heavy (non-hydrogen) atoms. The molecule has 1 heterocycles. The summed E-state index contributed by atoms with van der Waals surface area (Å²) in [5.74, 6) is 0.663. The molecule has 3 heteroatoms. The molecule has 0 aliphatic carbocycles. The summed E-state index contributed by atoms with van der Waals surface area (Å²) in [4.78, 5) is 4.83. The number of fused-ring (bicyclic) bond motifs is 1. The Morgan fingerprint density at radius 2 is 1.94 bits per heavy atom. The van der Waals surface area contributed by atoms with Crippen LogP contribution in [0.3, 0.4) is 0 Å². The third-order valence-electron chi connectivity index (χ3n) is 3.53. The molecule has 2 N–H and O–H groups in total. The fourth-order valence-corrected chi connectivity index (χ4v) is 2.51. The molecule has 0 saturated carbocycles. The number of nitrogens with two attached hydrogens (primary N) is 1. The Labute approximate surface area is 104 Å². The summed E-state index contributed by atoms with van der Waals surface area (Å²) in [6, 6.07) is 8.66. The first-order valence-corrected chi connectivity index (χ1v) is 6.47. The lowest BCUT2D eigenvalue weighted by Gasteiger charge is -2.38. The van der Waals surface area contributed by atoms with Crippen LogP contribution in [-0.4, -0.2) is 33.2 Å². The largest absolute Gasteiger partial charge is 0.371 e. The molecule has 0 amide bonds. The number of hydrogen-bond donors (Lipinski definition) is 1. The van der Waals surface area contributed by atoms with E-state index in [1.165, 1.54) is 11.4 Å². The van der Waals surface area contributed by atoms with Crippen LogP contribution in [0.5, 0.6) is 0 Å². The van der Waals surface area contributed by atoms with Crippen molar-refractivity contribution in [3.05, 3.63) is 24.3 Å². The standard InChI is InChI=1S/C14H23N3/c1-12(7-8-15)11-17-10-9-16(2)13-5-3-4-6-14(13)17/h3-6,12H,7-11,15H2,1-2H3. The molecule has 2 rings (SSSR count). The Morgan fingerprint density at radius 1 is 1.24 bits per heavy atom. The van der Waals surface area contributed by atoms with E-state index in [9.17, 15) is 0 Å². The summed E-state index contributed by atoms with van der Waals surface area (Å²) < 4.78 is 0. The first-order valence-electron chi connectivity index (χ1n) is 6.47. The number of nitrogens with zero attached hydrogens (tertiary/aromatic N) is 2. The minimum absolute atomic E-state index is 0.663. The Kier molecular flexibility index (Phi) is 3.89. The van der Waals surface area contributed by atoms with Crippen molar-refractivity contribution >= 4 is 11.4 Å². The molecule has 1 atom stereocenters. The van der Waals surface area contributed by atoms with Gasteiger partial charge in [0.15, 0.2) is 0 Å². The summed E-state index contributed by atoms with van der Waals surface area (Å²) in [5.41, 5.74) is 8.34. The maximum atomic E-state index is 5.62. The van der Waals surface area contributed by atoms with Crippen LogP contribution in [0.1, 0.15) is 13.3 Å². The predicted octanol–water partition coefficient (Wildman–Crippen LogP) is 1.93. The second-order valence-corrected chi connectivity index (χ2v) is 5.04. The molecular weight excluding hydrogens is 210 g/mol. The van der Waals surface area contributed by atoms with Crippen molar-refractivity contribution < 1.29 is 0 Å². The van der Waals surface area contributed by atoms with Gasteiger partial charge in [0, 0.05) is 26.7 Å². The minimum Gasteiger partial charge on any atom is -0.371 e. The van der Waals surface area contributed by atoms with Gasteiger partial charge in [-0.3, -0.25) is 0 Å². The highest BCUT2D eigenvalue weighted by Gasteiger charge is 2.20. The van der Waals surface area contributed by atoms with Crippen molar-refractivity contribution in [1.82, 2.24) is 0 Å². The summed E-state index contributed by atoms with van der Waals surface area (Å²) in [5, 5.41) is 0. The van der Waals surface area contributed by atoms with Crippen molar-refractivity contribution in [2.45, 2.75) is 13.3 Å². The lowest BCUT2D eigenvalue weighted by molar-refractivity contribution is 0.522. The normalized spacial score (nSPS) is 16.9. The molecule has 1 unspecified atom stereocenters. The Morgan fingerprint density at radius 3 is 2.65 bits per heavy atom. The summed E-state index contributed by atoms with van der Waals surface area (Å²) in [7, 11) is 2.17. The van der Waals surface area contributed by atoms with Crippen molar-refractivity contribution in [1.29, 1.82) is 0 Å². The summed E-state index contributed by atoms with van der Waals surface area (Å²) in [6.45, 7) is 6.40. The van der Waals surface area contributed by atoms with Crippen molar-refractivity contribution in [2.75, 3.05) is 43.0 Å². The van der Waals surface area contributed by atoms with Gasteiger partial charge in [0.25, 0.3) is 0 Å². The van der Waals surface area contributed by atoms with Gasteiger partial charge in [0.1, 0.15) is 0 Å². The Bertz CT molecular complexity index is 364. The van der Waals surface area contributed by atoms with Crippen LogP contribution >= 0.6 is 0 Å². The summed E-state index contributed by atoms with van der Waals surface area (Å²) in [6.07, 6.45) is 1.11. The van der Waals surface area contributed by atoms with Crippen LogP contribution in [0.15, 0.2) is 24.3 Å². The molecule has 0 aromatic heterocycles. The quantitative estimate of drug-likeness (QED) is 0.862. The lowest BCUT2D eigenvalue weighted by Crippen LogP contribution is -2.41. The maximum Gasteiger partial charge on any atom is 0.0604 e. The zero-order valence-electron chi connectivity index (χ0n) is 10.9. The van der Waals surface area contributed by atoms with Gasteiger partial charge in [-0.25, -0.2) is 0 Å². The molecule has 0 spiro atoms. The third-order valence-corrected chi connectivity index (χ3v) is 3.53. The van der Waals surface area contributed by atoms with Crippen molar-refractivity contribution in [3.8, 4) is 0 Å². The average Bonchev–Trinajstić information content (AvgIpc) is 2.34. The first-order chi connectivity index (χ1) is 8.22. The molecule has 1 aliphatic heterocycles. The van der Waals surface area contributed by atoms with E-state index in [1.54, 1.807) is 0 Å². The molecule has 94 valence electrons. The topological polar surface area (TPSA) is 32.5 Å². The van der Waals surface area contributed by atoms with Crippen LogP contribution in [0.25, 0.3) is 0 Å². The molecule has 0 bridgehead atoms. The van der Waals surface area contributed by atoms with Gasteiger partial charge in [0.05, 0.1) is 11.4 Å². The van der Waals surface area contributed by atoms with Crippen LogP contribution in [0, 0.1) is 5.92 Å². The number of likely N-dealkylation sites (N-methyl/N-ethyl adjacent to an activating group) is 1. The predicted molar refractivity (Wildman–Crippen MR) is 74.8 cm³/mol. The van der Waals surface area contributed by atoms with E-state index in [0.717, 1.165) is 32.6 Å². The van der Waals surface area contributed by atoms with Crippen molar-refractivity contribution in [2.24, 2.45) is 11.7 Å². The zero-order valence-corrected chi connectivity index (χ0v) is 10.9. The Hall–Kier alpha value is -1.22. The van der Waals surface area contributed by atoms with E-state index in [1.807, 2.05) is 0 Å². The van der Waals surface area contributed by atoms with Gasteiger partial charge in [-0.15, -0.1) is 0 Å². The smallest absolute Gasteiger partial charge is 0.0604 e. The number of rotatable bonds is 4. The molecule has 3 nitrogen and oxygen atoms in total. The molecule has 0 fully saturated rings. The van der Waals surface area contributed by atoms with Gasteiger partial charge >= 0.3 is 0 Å². The summed E-state index contributed by atoms with van der Waals surface area (Å²) >= 11 is 0. The van der Waals surface area contributed by atoms with E-state index in [2.05, 4.69) is 48.0 Å². The van der Waals surface area contributed by atoms with Crippen LogP contribution in [0.4, 0.5) is 11.4 Å². The average molecular weight is 233 g/mol. The van der Waals surface area contributed by atoms with E-state index < -0.39 is 0 Å². The second kappa shape index (κ2) is 5.41. The van der Waals surface area contributed by atoms with Crippen LogP contribution in [-0.2, 0) is 0 Å². The molecule has 1 aromatic rings. The van der Waals surface area contributed by atoms with E-state index in [-0.39, 0.29) is 0 Å². The molecular formula is C14H23N3. The molecule has 1 aromatic carbocycles. The van der Waals surface area contributed by atoms with Gasteiger partial charge in [-0.2, -0.15) is 0 Å².